The van der Waals surface area contributed by atoms with E-state index in [9.17, 15) is 10.2 Å². The van der Waals surface area contributed by atoms with E-state index < -0.39 is 5.60 Å². The minimum atomic E-state index is -0.905. The van der Waals surface area contributed by atoms with Crippen molar-refractivity contribution >= 4 is 0 Å². The van der Waals surface area contributed by atoms with Gasteiger partial charge in [0.1, 0.15) is 5.75 Å². The van der Waals surface area contributed by atoms with Gasteiger partial charge in [0.05, 0.1) is 5.60 Å². The number of rotatable bonds is 5. The zero-order chi connectivity index (χ0) is 13.7. The molecular weight excluding hydrogens is 238 g/mol. The molecule has 3 heteroatoms. The van der Waals surface area contributed by atoms with Gasteiger partial charge in [0, 0.05) is 13.1 Å². The predicted octanol–water partition coefficient (Wildman–Crippen LogP) is 2.39. The third kappa shape index (κ3) is 3.81. The van der Waals surface area contributed by atoms with Gasteiger partial charge in [-0.05, 0) is 30.2 Å². The monoisotopic (exact) mass is 257 g/mol. The summed E-state index contributed by atoms with van der Waals surface area (Å²) in [5, 5.41) is 23.0. The molecule has 0 aliphatic carbocycles. The fourth-order valence-corrected chi connectivity index (χ4v) is 2.02. The molecule has 3 nitrogen and oxygen atoms in total. The Morgan fingerprint density at radius 3 is 2.47 bits per heavy atom. The number of aromatic hydroxyl groups is 1. The highest BCUT2D eigenvalue weighted by atomic mass is 16.3. The van der Waals surface area contributed by atoms with Crippen molar-refractivity contribution in [3.05, 3.63) is 65.7 Å². The molecule has 0 saturated heterocycles. The molecule has 0 aliphatic heterocycles. The van der Waals surface area contributed by atoms with E-state index in [1.165, 1.54) is 0 Å². The smallest absolute Gasteiger partial charge is 0.115 e. The average molecular weight is 257 g/mol. The van der Waals surface area contributed by atoms with Crippen LogP contribution >= 0.6 is 0 Å². The quantitative estimate of drug-likeness (QED) is 0.771. The largest absolute Gasteiger partial charge is 0.508 e. The van der Waals surface area contributed by atoms with Gasteiger partial charge in [-0.25, -0.2) is 0 Å². The molecule has 0 bridgehead atoms. The molecule has 0 aliphatic rings. The maximum absolute atomic E-state index is 10.4. The fourth-order valence-electron chi connectivity index (χ4n) is 2.02. The van der Waals surface area contributed by atoms with Crippen LogP contribution in [-0.4, -0.2) is 16.8 Å². The molecule has 0 spiro atoms. The Kier molecular flexibility index (Phi) is 4.20. The van der Waals surface area contributed by atoms with Crippen LogP contribution in [0.15, 0.2) is 54.6 Å². The lowest BCUT2D eigenvalue weighted by Crippen LogP contribution is -2.35. The van der Waals surface area contributed by atoms with Crippen LogP contribution in [0.25, 0.3) is 0 Å². The summed E-state index contributed by atoms with van der Waals surface area (Å²) >= 11 is 0. The first-order valence-corrected chi connectivity index (χ1v) is 6.34. The van der Waals surface area contributed by atoms with E-state index in [1.807, 2.05) is 42.5 Å². The number of phenols is 1. The topological polar surface area (TPSA) is 52.5 Å². The van der Waals surface area contributed by atoms with Gasteiger partial charge < -0.3 is 15.5 Å². The molecule has 100 valence electrons. The van der Waals surface area contributed by atoms with Crippen LogP contribution in [0.3, 0.4) is 0 Å². The second kappa shape index (κ2) is 5.87. The summed E-state index contributed by atoms with van der Waals surface area (Å²) < 4.78 is 0. The highest BCUT2D eigenvalue weighted by Crippen LogP contribution is 2.19. The third-order valence-corrected chi connectivity index (χ3v) is 3.10. The highest BCUT2D eigenvalue weighted by Gasteiger charge is 2.21. The lowest BCUT2D eigenvalue weighted by atomic mass is 9.96. The minimum absolute atomic E-state index is 0.258. The lowest BCUT2D eigenvalue weighted by molar-refractivity contribution is 0.0567. The summed E-state index contributed by atoms with van der Waals surface area (Å²) in [7, 11) is 0. The molecule has 1 unspecified atom stereocenters. The van der Waals surface area contributed by atoms with Crippen LogP contribution < -0.4 is 5.32 Å². The van der Waals surface area contributed by atoms with Gasteiger partial charge in [-0.15, -0.1) is 0 Å². The van der Waals surface area contributed by atoms with Crippen molar-refractivity contribution in [2.75, 3.05) is 6.54 Å². The van der Waals surface area contributed by atoms with Gasteiger partial charge in [0.25, 0.3) is 0 Å². The molecule has 0 aromatic heterocycles. The van der Waals surface area contributed by atoms with E-state index >= 15 is 0 Å². The first-order valence-electron chi connectivity index (χ1n) is 6.34. The zero-order valence-corrected chi connectivity index (χ0v) is 11.0. The zero-order valence-electron chi connectivity index (χ0n) is 11.0. The number of nitrogens with one attached hydrogen (secondary N) is 1. The van der Waals surface area contributed by atoms with Gasteiger partial charge in [-0.1, -0.05) is 42.5 Å². The number of phenolic OH excluding ortho intramolecular Hbond substituents is 1. The van der Waals surface area contributed by atoms with Crippen molar-refractivity contribution in [1.29, 1.82) is 0 Å². The Labute approximate surface area is 113 Å². The van der Waals surface area contributed by atoms with Crippen LogP contribution in [0.5, 0.6) is 5.75 Å². The maximum Gasteiger partial charge on any atom is 0.115 e. The van der Waals surface area contributed by atoms with Gasteiger partial charge in [-0.2, -0.15) is 0 Å². The Bertz CT molecular complexity index is 523. The van der Waals surface area contributed by atoms with Crippen LogP contribution in [0, 0.1) is 0 Å². The molecule has 0 fully saturated rings. The van der Waals surface area contributed by atoms with Crippen LogP contribution in [0.1, 0.15) is 18.1 Å². The SMILES string of the molecule is CC(O)(CNCc1cccc(O)c1)c1ccccc1. The summed E-state index contributed by atoms with van der Waals surface area (Å²) in [5.74, 6) is 0.258. The second-order valence-corrected chi connectivity index (χ2v) is 4.91. The van der Waals surface area contributed by atoms with Crippen molar-refractivity contribution in [3.8, 4) is 5.75 Å². The highest BCUT2D eigenvalue weighted by molar-refractivity contribution is 5.27. The molecule has 2 aromatic rings. The molecule has 19 heavy (non-hydrogen) atoms. The molecule has 1 atom stereocenters. The molecule has 0 heterocycles. The molecule has 2 rings (SSSR count). The molecule has 0 saturated carbocycles. The molecule has 3 N–H and O–H groups in total. The number of hydrogen-bond acceptors (Lipinski definition) is 3. The van der Waals surface area contributed by atoms with E-state index in [1.54, 1.807) is 19.1 Å². The normalized spacial score (nSPS) is 14.0. The molecule has 2 aromatic carbocycles. The molecule has 0 amide bonds. The Hall–Kier alpha value is -1.84. The Morgan fingerprint density at radius 1 is 1.05 bits per heavy atom. The second-order valence-electron chi connectivity index (χ2n) is 4.91. The number of benzene rings is 2. The number of aliphatic hydroxyl groups is 1. The van der Waals surface area contributed by atoms with Crippen LogP contribution in [0.4, 0.5) is 0 Å². The van der Waals surface area contributed by atoms with E-state index in [-0.39, 0.29) is 5.75 Å². The number of hydrogen-bond donors (Lipinski definition) is 3. The summed E-state index contributed by atoms with van der Waals surface area (Å²) in [6, 6.07) is 16.7. The Balaban J connectivity index is 1.92. The van der Waals surface area contributed by atoms with Crippen molar-refractivity contribution in [3.63, 3.8) is 0 Å². The van der Waals surface area contributed by atoms with Crippen LogP contribution in [0.2, 0.25) is 0 Å². The maximum atomic E-state index is 10.4. The first kappa shape index (κ1) is 13.6. The standard InChI is InChI=1S/C16H19NO2/c1-16(19,14-7-3-2-4-8-14)12-17-11-13-6-5-9-15(18)10-13/h2-10,17-19H,11-12H2,1H3. The van der Waals surface area contributed by atoms with Crippen molar-refractivity contribution in [1.82, 2.24) is 5.32 Å². The van der Waals surface area contributed by atoms with Crippen LogP contribution in [-0.2, 0) is 12.1 Å². The lowest BCUT2D eigenvalue weighted by Gasteiger charge is -2.24. The van der Waals surface area contributed by atoms with Gasteiger partial charge in [0.15, 0.2) is 0 Å². The van der Waals surface area contributed by atoms with Crippen molar-refractivity contribution in [2.24, 2.45) is 0 Å². The van der Waals surface area contributed by atoms with Crippen molar-refractivity contribution in [2.45, 2.75) is 19.1 Å². The average Bonchev–Trinajstić information content (AvgIpc) is 2.40. The predicted molar refractivity (Wildman–Crippen MR) is 75.8 cm³/mol. The van der Waals surface area contributed by atoms with E-state index in [0.717, 1.165) is 11.1 Å². The molecule has 0 radical (unpaired) electrons. The van der Waals surface area contributed by atoms with Gasteiger partial charge in [0.2, 0.25) is 0 Å². The fraction of sp³-hybridized carbons (Fsp3) is 0.250. The summed E-state index contributed by atoms with van der Waals surface area (Å²) in [4.78, 5) is 0. The van der Waals surface area contributed by atoms with E-state index in [0.29, 0.717) is 13.1 Å². The van der Waals surface area contributed by atoms with E-state index in [2.05, 4.69) is 5.32 Å². The Morgan fingerprint density at radius 2 is 1.79 bits per heavy atom. The minimum Gasteiger partial charge on any atom is -0.508 e. The van der Waals surface area contributed by atoms with Gasteiger partial charge in [-0.3, -0.25) is 0 Å². The summed E-state index contributed by atoms with van der Waals surface area (Å²) in [6.45, 7) is 2.85. The van der Waals surface area contributed by atoms with E-state index in [4.69, 9.17) is 0 Å². The van der Waals surface area contributed by atoms with Crippen molar-refractivity contribution < 1.29 is 10.2 Å². The first-order chi connectivity index (χ1) is 9.08. The van der Waals surface area contributed by atoms with Gasteiger partial charge >= 0.3 is 0 Å². The third-order valence-electron chi connectivity index (χ3n) is 3.10. The summed E-state index contributed by atoms with van der Waals surface area (Å²) in [5.41, 5.74) is 0.972. The molecular formula is C16H19NO2. The summed E-state index contributed by atoms with van der Waals surface area (Å²) in [6.07, 6.45) is 0.